The van der Waals surface area contributed by atoms with Crippen molar-refractivity contribution in [3.63, 3.8) is 0 Å². The van der Waals surface area contributed by atoms with Gasteiger partial charge >= 0.3 is 19.1 Å². The highest BCUT2D eigenvalue weighted by Crippen LogP contribution is 2.34. The van der Waals surface area contributed by atoms with Crippen LogP contribution in [0.5, 0.6) is 5.75 Å². The first-order chi connectivity index (χ1) is 13.7. The zero-order chi connectivity index (χ0) is 21.3. The predicted octanol–water partition coefficient (Wildman–Crippen LogP) is -0.591. The molecule has 0 bridgehead atoms. The molecule has 3 amide bonds. The molecule has 10 nitrogen and oxygen atoms in total. The number of hydrogen-bond donors (Lipinski definition) is 6. The highest BCUT2D eigenvalue weighted by atomic mass is 32.2. The van der Waals surface area contributed by atoms with Crippen molar-refractivity contribution in [1.29, 1.82) is 0 Å². The number of aromatic carboxylic acids is 1. The number of carboxylic acid groups (broad SMARTS) is 1. The number of nitrogens with zero attached hydrogens (tertiary/aromatic N) is 1. The van der Waals surface area contributed by atoms with Gasteiger partial charge in [-0.2, -0.15) is 0 Å². The molecule has 1 aromatic rings. The Bertz CT molecular complexity index is 845. The fraction of sp³-hybridized carbons (Fsp3) is 0.471. The molecule has 29 heavy (non-hydrogen) atoms. The number of piperidine rings is 1. The molecule has 1 aromatic carbocycles. The zero-order valence-corrected chi connectivity index (χ0v) is 16.5. The maximum atomic E-state index is 13.0. The Labute approximate surface area is 171 Å². The van der Waals surface area contributed by atoms with Crippen molar-refractivity contribution in [1.82, 2.24) is 15.5 Å². The van der Waals surface area contributed by atoms with Crippen molar-refractivity contribution in [3.8, 4) is 5.75 Å². The molecule has 0 aromatic heterocycles. The van der Waals surface area contributed by atoms with Crippen molar-refractivity contribution in [2.75, 3.05) is 19.3 Å². The Balaban J connectivity index is 1.94. The molecule has 3 rings (SSSR count). The van der Waals surface area contributed by atoms with E-state index in [1.165, 1.54) is 12.1 Å². The van der Waals surface area contributed by atoms with Gasteiger partial charge in [0.25, 0.3) is 5.91 Å². The molecule has 2 aliphatic rings. The summed E-state index contributed by atoms with van der Waals surface area (Å²) in [4.78, 5) is 38.2. The molecule has 2 aliphatic heterocycles. The van der Waals surface area contributed by atoms with Crippen LogP contribution in [0.4, 0.5) is 4.79 Å². The van der Waals surface area contributed by atoms with E-state index in [2.05, 4.69) is 10.6 Å². The molecule has 2 fully saturated rings. The van der Waals surface area contributed by atoms with E-state index in [-0.39, 0.29) is 17.5 Å². The van der Waals surface area contributed by atoms with Crippen LogP contribution in [0.3, 0.4) is 0 Å². The summed E-state index contributed by atoms with van der Waals surface area (Å²) >= 11 is 1.14. The Kier molecular flexibility index (Phi) is 6.08. The number of benzene rings is 1. The molecule has 1 atom stereocenters. The lowest BCUT2D eigenvalue weighted by atomic mass is 9.74. The van der Waals surface area contributed by atoms with Gasteiger partial charge < -0.3 is 30.9 Å². The first-order valence-corrected chi connectivity index (χ1v) is 10.3. The second-order valence-electron chi connectivity index (χ2n) is 7.08. The molecule has 12 heteroatoms. The van der Waals surface area contributed by atoms with Gasteiger partial charge in [-0.25, -0.2) is 9.59 Å². The average Bonchev–Trinajstić information content (AvgIpc) is 2.90. The first kappa shape index (κ1) is 21.4. The van der Waals surface area contributed by atoms with E-state index in [1.807, 2.05) is 0 Å². The lowest BCUT2D eigenvalue weighted by molar-refractivity contribution is -0.133. The minimum absolute atomic E-state index is 0.0881. The minimum Gasteiger partial charge on any atom is -0.507 e. The molecule has 0 unspecified atom stereocenters. The Hall–Kier alpha value is -2.28. The Morgan fingerprint density at radius 3 is 2.52 bits per heavy atom. The van der Waals surface area contributed by atoms with Crippen LogP contribution in [0.1, 0.15) is 28.8 Å². The molecule has 2 heterocycles. The van der Waals surface area contributed by atoms with Crippen molar-refractivity contribution in [2.24, 2.45) is 0 Å². The van der Waals surface area contributed by atoms with Crippen LogP contribution in [0, 0.1) is 0 Å². The van der Waals surface area contributed by atoms with Gasteiger partial charge in [-0.15, -0.1) is 11.8 Å². The summed E-state index contributed by atoms with van der Waals surface area (Å²) in [6, 6.07) is 2.19. The lowest BCUT2D eigenvalue weighted by Crippen LogP contribution is -2.56. The summed E-state index contributed by atoms with van der Waals surface area (Å²) in [5.41, 5.74) is -1.31. The minimum atomic E-state index is -2.07. The van der Waals surface area contributed by atoms with Gasteiger partial charge in [-0.05, 0) is 50.2 Å². The lowest BCUT2D eigenvalue weighted by Gasteiger charge is -2.32. The fourth-order valence-corrected chi connectivity index (χ4v) is 4.44. The monoisotopic (exact) mass is 423 g/mol. The van der Waals surface area contributed by atoms with Crippen molar-refractivity contribution >= 4 is 36.8 Å². The zero-order valence-electron chi connectivity index (χ0n) is 15.7. The number of amides is 3. The summed E-state index contributed by atoms with van der Waals surface area (Å²) < 4.78 is 0. The van der Waals surface area contributed by atoms with Crippen LogP contribution in [-0.2, 0) is 11.2 Å². The fourth-order valence-electron chi connectivity index (χ4n) is 3.85. The van der Waals surface area contributed by atoms with Crippen molar-refractivity contribution in [3.05, 3.63) is 23.3 Å². The van der Waals surface area contributed by atoms with E-state index in [9.17, 15) is 34.6 Å². The Morgan fingerprint density at radius 1 is 1.31 bits per heavy atom. The number of aromatic hydroxyl groups is 1. The van der Waals surface area contributed by atoms with Gasteiger partial charge in [0.05, 0.1) is 5.94 Å². The molecule has 0 aliphatic carbocycles. The normalized spacial score (nSPS) is 19.3. The Morgan fingerprint density at radius 2 is 1.97 bits per heavy atom. The molecule has 156 valence electrons. The number of imide groups is 1. The largest absolute Gasteiger partial charge is 0.507 e. The number of carbonyl (C=O) groups is 3. The van der Waals surface area contributed by atoms with Crippen LogP contribution in [-0.4, -0.2) is 81.0 Å². The van der Waals surface area contributed by atoms with Crippen LogP contribution in [0.2, 0.25) is 0 Å². The maximum Gasteiger partial charge on any atom is 0.476 e. The molecule has 0 saturated carbocycles. The average molecular weight is 423 g/mol. The van der Waals surface area contributed by atoms with E-state index in [0.29, 0.717) is 30.8 Å². The summed E-state index contributed by atoms with van der Waals surface area (Å²) in [7, 11) is -2.07. The van der Waals surface area contributed by atoms with Gasteiger partial charge in [0.1, 0.15) is 16.9 Å². The molecule has 6 N–H and O–H groups in total. The molecule has 1 spiro atoms. The third-order valence-electron chi connectivity index (χ3n) is 5.41. The molecule has 0 radical (unpaired) electrons. The van der Waals surface area contributed by atoms with E-state index in [0.717, 1.165) is 16.7 Å². The van der Waals surface area contributed by atoms with Crippen molar-refractivity contribution < 1.29 is 34.6 Å². The highest BCUT2D eigenvalue weighted by molar-refractivity contribution is 7.98. The van der Waals surface area contributed by atoms with Gasteiger partial charge in [0.15, 0.2) is 0 Å². The van der Waals surface area contributed by atoms with Gasteiger partial charge in [0.2, 0.25) is 0 Å². The second kappa shape index (κ2) is 8.23. The number of carboxylic acids is 1. The number of nitrogens with one attached hydrogen (secondary N) is 2. The van der Waals surface area contributed by atoms with E-state index in [4.69, 9.17) is 0 Å². The highest BCUT2D eigenvalue weighted by Gasteiger charge is 2.55. The molecular formula is C17H22BN3O7S. The first-order valence-electron chi connectivity index (χ1n) is 9.06. The number of thioether (sulfide) groups is 1. The smallest absolute Gasteiger partial charge is 0.476 e. The second-order valence-corrected chi connectivity index (χ2v) is 7.93. The maximum absolute atomic E-state index is 13.0. The van der Waals surface area contributed by atoms with Crippen molar-refractivity contribution in [2.45, 2.75) is 35.6 Å². The summed E-state index contributed by atoms with van der Waals surface area (Å²) in [5.74, 6) is -3.80. The number of hydrogen-bond acceptors (Lipinski definition) is 8. The SMILES string of the molecule is CSc1ccc(C[C@@H](B(O)O)N2C(=O)NC3(CCNCC3)C2=O)c(O)c1C(=O)O. The van der Waals surface area contributed by atoms with E-state index in [1.54, 1.807) is 6.26 Å². The number of urea groups is 1. The number of rotatable bonds is 6. The number of phenols is 1. The summed E-state index contributed by atoms with van der Waals surface area (Å²) in [6.45, 7) is 1.07. The molecule has 2 saturated heterocycles. The van der Waals surface area contributed by atoms with E-state index >= 15 is 0 Å². The van der Waals surface area contributed by atoms with E-state index < -0.39 is 42.3 Å². The predicted molar refractivity (Wildman–Crippen MR) is 105 cm³/mol. The van der Waals surface area contributed by atoms with Gasteiger partial charge in [0, 0.05) is 4.90 Å². The van der Waals surface area contributed by atoms with Crippen LogP contribution < -0.4 is 10.6 Å². The summed E-state index contributed by atoms with van der Waals surface area (Å²) in [6.07, 6.45) is 2.09. The van der Waals surface area contributed by atoms with Gasteiger partial charge in [-0.3, -0.25) is 9.69 Å². The van der Waals surface area contributed by atoms with Crippen LogP contribution in [0.25, 0.3) is 0 Å². The summed E-state index contributed by atoms with van der Waals surface area (Å²) in [5, 5.41) is 45.4. The van der Waals surface area contributed by atoms with Crippen LogP contribution in [0.15, 0.2) is 17.0 Å². The number of carbonyl (C=O) groups excluding carboxylic acids is 2. The molecular weight excluding hydrogens is 401 g/mol. The third-order valence-corrected chi connectivity index (χ3v) is 6.19. The standard InChI is InChI=1S/C17H22BN3O7S/c1-29-10-3-2-9(13(22)12(10)14(23)24)8-11(18(27)28)21-15(25)17(20-16(21)26)4-6-19-7-5-17/h2-3,11,19,22,27-28H,4-8H2,1H3,(H,20,26)(H,23,24)/t11-/m0/s1. The van der Waals surface area contributed by atoms with Crippen LogP contribution >= 0.6 is 11.8 Å². The third kappa shape index (κ3) is 3.80. The topological polar surface area (TPSA) is 159 Å². The van der Waals surface area contributed by atoms with Gasteiger partial charge in [-0.1, -0.05) is 6.07 Å². The quantitative estimate of drug-likeness (QED) is 0.200.